The first kappa shape index (κ1) is 25.6. The average Bonchev–Trinajstić information content (AvgIpc) is 3.21. The molecule has 12 nitrogen and oxygen atoms in total. The Morgan fingerprint density at radius 1 is 1.13 bits per heavy atom. The Morgan fingerprint density at radius 3 is 2.76 bits per heavy atom. The van der Waals surface area contributed by atoms with Gasteiger partial charge in [0.1, 0.15) is 23.8 Å². The first-order valence-electron chi connectivity index (χ1n) is 12.8. The Morgan fingerprint density at radius 2 is 1.95 bits per heavy atom. The van der Waals surface area contributed by atoms with Crippen LogP contribution in [0.4, 0.5) is 0 Å². The van der Waals surface area contributed by atoms with Crippen LogP contribution in [0, 0.1) is 0 Å². The van der Waals surface area contributed by atoms with Crippen LogP contribution in [0.1, 0.15) is 49.5 Å². The van der Waals surface area contributed by atoms with Gasteiger partial charge in [0.25, 0.3) is 11.8 Å². The van der Waals surface area contributed by atoms with Crippen molar-refractivity contribution in [3.05, 3.63) is 42.2 Å². The third-order valence-electron chi connectivity index (χ3n) is 6.98. The molecule has 38 heavy (non-hydrogen) atoms. The van der Waals surface area contributed by atoms with Crippen molar-refractivity contribution in [3.63, 3.8) is 0 Å². The fourth-order valence-corrected chi connectivity index (χ4v) is 5.18. The minimum absolute atomic E-state index is 0.0296. The first-order chi connectivity index (χ1) is 18.4. The summed E-state index contributed by atoms with van der Waals surface area (Å²) in [6.45, 7) is 2.31. The zero-order valence-electron chi connectivity index (χ0n) is 20.9. The number of benzene rings is 1. The number of hydrogen-bond acceptors (Lipinski definition) is 8. The van der Waals surface area contributed by atoms with E-state index < -0.39 is 48.1 Å². The molecular weight excluding hydrogens is 494 g/mol. The van der Waals surface area contributed by atoms with E-state index >= 15 is 0 Å². The van der Waals surface area contributed by atoms with E-state index in [0.717, 1.165) is 5.39 Å². The maximum Gasteiger partial charge on any atom is 0.310 e. The molecule has 1 aromatic carbocycles. The number of nitrogens with one attached hydrogen (secondary N) is 2. The number of amides is 4. The highest BCUT2D eigenvalue weighted by atomic mass is 16.7. The van der Waals surface area contributed by atoms with E-state index in [0.29, 0.717) is 18.2 Å². The molecule has 4 amide bonds. The number of ether oxygens (including phenoxy) is 2. The van der Waals surface area contributed by atoms with Gasteiger partial charge in [-0.2, -0.15) is 0 Å². The van der Waals surface area contributed by atoms with Crippen LogP contribution in [-0.4, -0.2) is 82.2 Å². The Kier molecular flexibility index (Phi) is 7.23. The summed E-state index contributed by atoms with van der Waals surface area (Å²) in [5.41, 5.74) is 0.170. The van der Waals surface area contributed by atoms with Crippen molar-refractivity contribution < 1.29 is 33.4 Å². The van der Waals surface area contributed by atoms with Gasteiger partial charge in [0.15, 0.2) is 0 Å². The van der Waals surface area contributed by atoms with E-state index in [2.05, 4.69) is 15.6 Å². The van der Waals surface area contributed by atoms with Crippen molar-refractivity contribution in [2.24, 2.45) is 0 Å². The summed E-state index contributed by atoms with van der Waals surface area (Å²) in [7, 11) is 0. The molecule has 4 atom stereocenters. The number of cyclic esters (lactones) is 1. The number of esters is 1. The number of hydrogen-bond donors (Lipinski definition) is 2. The van der Waals surface area contributed by atoms with Crippen LogP contribution in [0.15, 0.2) is 36.5 Å². The maximum atomic E-state index is 13.7. The molecule has 3 saturated heterocycles. The maximum absolute atomic E-state index is 13.7. The number of nitrogens with zero attached hydrogens (tertiary/aromatic N) is 3. The number of pyridine rings is 1. The number of aromatic nitrogens is 1. The Labute approximate surface area is 218 Å². The lowest BCUT2D eigenvalue weighted by Crippen LogP contribution is -2.64. The number of carbonyl (C=O) groups excluding carboxylic acids is 5. The minimum Gasteiger partial charge on any atom is -0.433 e. The van der Waals surface area contributed by atoms with Gasteiger partial charge in [-0.15, -0.1) is 0 Å². The van der Waals surface area contributed by atoms with E-state index in [1.54, 1.807) is 25.1 Å². The number of carbonyl (C=O) groups is 5. The van der Waals surface area contributed by atoms with Crippen LogP contribution in [0.2, 0.25) is 0 Å². The summed E-state index contributed by atoms with van der Waals surface area (Å²) >= 11 is 0. The quantitative estimate of drug-likeness (QED) is 0.525. The monoisotopic (exact) mass is 523 g/mol. The summed E-state index contributed by atoms with van der Waals surface area (Å²) in [6, 6.07) is 6.33. The average molecular weight is 524 g/mol. The number of hydrazine groups is 1. The van der Waals surface area contributed by atoms with Crippen LogP contribution in [0.3, 0.4) is 0 Å². The third kappa shape index (κ3) is 4.91. The normalized spacial score (nSPS) is 25.6. The molecule has 0 radical (unpaired) electrons. The second-order valence-electron chi connectivity index (χ2n) is 9.44. The largest absolute Gasteiger partial charge is 0.433 e. The van der Waals surface area contributed by atoms with Gasteiger partial charge in [-0.05, 0) is 37.6 Å². The van der Waals surface area contributed by atoms with Crippen molar-refractivity contribution in [1.29, 1.82) is 0 Å². The van der Waals surface area contributed by atoms with Crippen molar-refractivity contribution in [3.8, 4) is 0 Å². The molecule has 3 aliphatic heterocycles. The zero-order chi connectivity index (χ0) is 26.8. The molecule has 3 unspecified atom stereocenters. The highest BCUT2D eigenvalue weighted by Gasteiger charge is 2.46. The SMILES string of the molecule is CCOC1OC(=O)CC1NC(=O)[C@@H]1CCCN2C(=O)CCC(NC(=O)c3nccc4ccccc34)C(=O)N12. The Balaban J connectivity index is 1.36. The fraction of sp³-hybridized carbons (Fsp3) is 0.462. The predicted octanol–water partition coefficient (Wildman–Crippen LogP) is 0.656. The molecule has 1 aromatic heterocycles. The highest BCUT2D eigenvalue weighted by Crippen LogP contribution is 2.26. The Bertz CT molecular complexity index is 1280. The van der Waals surface area contributed by atoms with Gasteiger partial charge in [-0.25, -0.2) is 5.01 Å². The van der Waals surface area contributed by atoms with Gasteiger partial charge in [0.2, 0.25) is 18.1 Å². The lowest BCUT2D eigenvalue weighted by atomic mass is 10.0. The van der Waals surface area contributed by atoms with Crippen molar-refractivity contribution in [2.75, 3.05) is 13.2 Å². The molecule has 0 aliphatic carbocycles. The molecule has 200 valence electrons. The van der Waals surface area contributed by atoms with Crippen LogP contribution in [-0.2, 0) is 28.7 Å². The minimum atomic E-state index is -1.03. The Hall–Kier alpha value is -4.06. The summed E-state index contributed by atoms with van der Waals surface area (Å²) in [5, 5.41) is 9.45. The molecule has 3 fully saturated rings. The van der Waals surface area contributed by atoms with Crippen molar-refractivity contribution in [1.82, 2.24) is 25.6 Å². The molecule has 0 spiro atoms. The zero-order valence-corrected chi connectivity index (χ0v) is 20.9. The van der Waals surface area contributed by atoms with Crippen LogP contribution < -0.4 is 10.6 Å². The standard InChI is InChI=1S/C26H29N5O7/c1-2-37-26-18(14-21(33)38-26)29-23(34)19-8-5-13-30-20(32)10-9-17(25(36)31(19)30)28-24(35)22-16-7-4-3-6-15(16)11-12-27-22/h3-4,6-7,11-12,17-19,26H,2,5,8-10,13-14H2,1H3,(H,28,35)(H,29,34)/t17?,18?,19-,26?/m0/s1. The molecule has 2 aromatic rings. The molecule has 2 N–H and O–H groups in total. The summed E-state index contributed by atoms with van der Waals surface area (Å²) in [6.07, 6.45) is 1.49. The van der Waals surface area contributed by atoms with Crippen LogP contribution >= 0.6 is 0 Å². The van der Waals surface area contributed by atoms with Gasteiger partial charge in [0.05, 0.1) is 6.42 Å². The lowest BCUT2D eigenvalue weighted by Gasteiger charge is -2.43. The van der Waals surface area contributed by atoms with Gasteiger partial charge >= 0.3 is 5.97 Å². The van der Waals surface area contributed by atoms with E-state index in [4.69, 9.17) is 9.47 Å². The van der Waals surface area contributed by atoms with Crippen molar-refractivity contribution >= 4 is 40.4 Å². The predicted molar refractivity (Wildman–Crippen MR) is 132 cm³/mol. The van der Waals surface area contributed by atoms with Crippen molar-refractivity contribution in [2.45, 2.75) is 63.4 Å². The molecule has 5 rings (SSSR count). The van der Waals surface area contributed by atoms with Gasteiger partial charge in [-0.1, -0.05) is 24.3 Å². The summed E-state index contributed by atoms with van der Waals surface area (Å²) < 4.78 is 10.5. The molecule has 12 heteroatoms. The molecule has 4 heterocycles. The van der Waals surface area contributed by atoms with Crippen LogP contribution in [0.25, 0.3) is 10.8 Å². The summed E-state index contributed by atoms with van der Waals surface area (Å²) in [4.78, 5) is 69.3. The second kappa shape index (κ2) is 10.7. The first-order valence-corrected chi connectivity index (χ1v) is 12.8. The van der Waals surface area contributed by atoms with E-state index in [1.165, 1.54) is 16.2 Å². The van der Waals surface area contributed by atoms with E-state index in [1.807, 2.05) is 12.1 Å². The van der Waals surface area contributed by atoms with Gasteiger partial charge < -0.3 is 20.1 Å². The van der Waals surface area contributed by atoms with Gasteiger partial charge in [0, 0.05) is 31.2 Å². The van der Waals surface area contributed by atoms with Crippen LogP contribution in [0.5, 0.6) is 0 Å². The topological polar surface area (TPSA) is 147 Å². The second-order valence-corrected chi connectivity index (χ2v) is 9.44. The smallest absolute Gasteiger partial charge is 0.310 e. The number of rotatable bonds is 6. The molecule has 3 aliphatic rings. The number of fused-ring (bicyclic) bond motifs is 2. The third-order valence-corrected chi connectivity index (χ3v) is 6.98. The van der Waals surface area contributed by atoms with E-state index in [9.17, 15) is 24.0 Å². The van der Waals surface area contributed by atoms with Gasteiger partial charge in [-0.3, -0.25) is 34.0 Å². The summed E-state index contributed by atoms with van der Waals surface area (Å²) in [5.74, 6) is -2.41. The molecular formula is C26H29N5O7. The lowest BCUT2D eigenvalue weighted by molar-refractivity contribution is -0.177. The fourth-order valence-electron chi connectivity index (χ4n) is 5.18. The molecule has 0 bridgehead atoms. The van der Waals surface area contributed by atoms with E-state index in [-0.39, 0.29) is 44.0 Å². The highest BCUT2D eigenvalue weighted by molar-refractivity contribution is 6.06. The molecule has 0 saturated carbocycles.